The van der Waals surface area contributed by atoms with Crippen LogP contribution in [-0.4, -0.2) is 70.5 Å². The topological polar surface area (TPSA) is 143 Å². The number of nitrogens with one attached hydrogen (secondary N) is 2. The van der Waals surface area contributed by atoms with E-state index in [4.69, 9.17) is 22.1 Å². The van der Waals surface area contributed by atoms with Gasteiger partial charge in [0.05, 0.1) is 13.2 Å². The molecule has 3 aromatic carbocycles. The lowest BCUT2D eigenvalue weighted by Gasteiger charge is -2.28. The second-order valence-corrected chi connectivity index (χ2v) is 13.1. The van der Waals surface area contributed by atoms with E-state index in [2.05, 4.69) is 26.6 Å². The molecule has 1 aromatic heterocycles. The number of rotatable bonds is 11. The summed E-state index contributed by atoms with van der Waals surface area (Å²) in [4.78, 5) is 46.3. The molecule has 2 amide bonds. The number of amides is 2. The van der Waals surface area contributed by atoms with E-state index in [1.54, 1.807) is 12.1 Å². The van der Waals surface area contributed by atoms with E-state index in [-0.39, 0.29) is 35.2 Å². The van der Waals surface area contributed by atoms with Crippen molar-refractivity contribution in [3.8, 4) is 22.5 Å². The Kier molecular flexibility index (Phi) is 10.9. The Hall–Kier alpha value is -4.38. The largest absolute Gasteiger partial charge is 0.378 e. The number of carbonyl (C=O) groups excluding carboxylic acids is 3. The lowest BCUT2D eigenvalue weighted by molar-refractivity contribution is -0.129. The van der Waals surface area contributed by atoms with Crippen LogP contribution in [0.1, 0.15) is 48.0 Å². The van der Waals surface area contributed by atoms with E-state index in [1.165, 1.54) is 0 Å². The van der Waals surface area contributed by atoms with Crippen LogP contribution in [0.2, 0.25) is 5.28 Å². The molecule has 250 valence electrons. The molecule has 0 spiro atoms. The van der Waals surface area contributed by atoms with Gasteiger partial charge in [0, 0.05) is 48.2 Å². The molecule has 48 heavy (non-hydrogen) atoms. The van der Waals surface area contributed by atoms with Gasteiger partial charge in [-0.05, 0) is 109 Å². The van der Waals surface area contributed by atoms with Gasteiger partial charge in [0.15, 0.2) is 5.82 Å². The van der Waals surface area contributed by atoms with Crippen LogP contribution in [0.4, 0.5) is 5.69 Å². The molecular formula is C37H41ClN6O4. The monoisotopic (exact) mass is 668 g/mol. The van der Waals surface area contributed by atoms with Gasteiger partial charge in [-0.2, -0.15) is 10.1 Å². The Morgan fingerprint density at radius 3 is 2.31 bits per heavy atom. The minimum absolute atomic E-state index is 0.00507. The van der Waals surface area contributed by atoms with E-state index in [0.29, 0.717) is 62.3 Å². The summed E-state index contributed by atoms with van der Waals surface area (Å²) in [6.45, 7) is 2.96. The van der Waals surface area contributed by atoms with Crippen molar-refractivity contribution in [2.45, 2.75) is 38.5 Å². The number of carbonyl (C=O) groups is 3. The Morgan fingerprint density at radius 1 is 0.938 bits per heavy atom. The van der Waals surface area contributed by atoms with E-state index in [9.17, 15) is 14.4 Å². The van der Waals surface area contributed by atoms with Crippen LogP contribution in [-0.2, 0) is 20.7 Å². The van der Waals surface area contributed by atoms with Crippen LogP contribution >= 0.6 is 11.6 Å². The fourth-order valence-electron chi connectivity index (χ4n) is 6.62. The smallest absolute Gasteiger partial charge is 0.254 e. The van der Waals surface area contributed by atoms with Crippen LogP contribution in [0, 0.1) is 17.8 Å². The van der Waals surface area contributed by atoms with Gasteiger partial charge in [-0.3, -0.25) is 14.4 Å². The van der Waals surface area contributed by atoms with E-state index >= 15 is 0 Å². The summed E-state index contributed by atoms with van der Waals surface area (Å²) in [6.07, 6.45) is 4.11. The number of ketones is 1. The summed E-state index contributed by atoms with van der Waals surface area (Å²) < 4.78 is 5.38. The first-order chi connectivity index (χ1) is 23.4. The second kappa shape index (κ2) is 15.7. The van der Waals surface area contributed by atoms with Gasteiger partial charge >= 0.3 is 0 Å². The normalized spacial score (nSPS) is 18.7. The van der Waals surface area contributed by atoms with Gasteiger partial charge in [0.1, 0.15) is 5.78 Å². The van der Waals surface area contributed by atoms with Gasteiger partial charge in [-0.15, -0.1) is 0 Å². The zero-order valence-electron chi connectivity index (χ0n) is 26.9. The van der Waals surface area contributed by atoms with Crippen molar-refractivity contribution in [3.63, 3.8) is 0 Å². The number of anilines is 1. The molecule has 0 radical (unpaired) electrons. The summed E-state index contributed by atoms with van der Waals surface area (Å²) in [5, 5.41) is 9.93. The average Bonchev–Trinajstić information content (AvgIpc) is 3.58. The van der Waals surface area contributed by atoms with Gasteiger partial charge in [0.2, 0.25) is 11.2 Å². The standard InChI is InChI=1S/C37H41ClN6O4/c38-37-41-34(42-43-37)28-12-14-32(15-13-28)40-35(46)31(22-33(45)27-6-4-24(23-39)5-7-27)21-25-2-1-3-30(20-25)26-8-10-29(11-9-26)36(47)44-16-18-48-19-17-44/h1-3,8-15,20,24,27,31H,4-7,16-19,21-23,39H2,(H,40,46)(H,41,42,43)/t24?,27?,31-/m1/s1. The van der Waals surface area contributed by atoms with E-state index < -0.39 is 5.92 Å². The number of nitrogens with zero attached hydrogens (tertiary/aromatic N) is 3. The Labute approximate surface area is 285 Å². The molecule has 2 heterocycles. The molecule has 1 atom stereocenters. The van der Waals surface area contributed by atoms with Crippen LogP contribution in [0.25, 0.3) is 22.5 Å². The van der Waals surface area contributed by atoms with Gasteiger partial charge < -0.3 is 20.7 Å². The van der Waals surface area contributed by atoms with Crippen molar-refractivity contribution < 1.29 is 19.1 Å². The number of ether oxygens (including phenoxy) is 1. The van der Waals surface area contributed by atoms with E-state index in [1.807, 2.05) is 59.5 Å². The SMILES string of the molecule is NCC1CCC(C(=O)C[C@@H](Cc2cccc(-c3ccc(C(=O)N4CCOCC4)cc3)c2)C(=O)Nc2ccc(-c3n[nH]c(Cl)n3)cc2)CC1. The minimum Gasteiger partial charge on any atom is -0.378 e. The first-order valence-corrected chi connectivity index (χ1v) is 17.0. The maximum absolute atomic E-state index is 13.8. The number of hydrogen-bond acceptors (Lipinski definition) is 7. The van der Waals surface area contributed by atoms with Crippen molar-refractivity contribution in [1.82, 2.24) is 20.1 Å². The van der Waals surface area contributed by atoms with Gasteiger partial charge in [-0.1, -0.05) is 36.4 Å². The zero-order valence-corrected chi connectivity index (χ0v) is 27.6. The molecule has 0 bridgehead atoms. The summed E-state index contributed by atoms with van der Waals surface area (Å²) in [6, 6.07) is 22.9. The third kappa shape index (κ3) is 8.36. The van der Waals surface area contributed by atoms with Crippen molar-refractivity contribution in [3.05, 3.63) is 89.2 Å². The van der Waals surface area contributed by atoms with Crippen LogP contribution in [0.5, 0.6) is 0 Å². The molecule has 1 saturated heterocycles. The van der Waals surface area contributed by atoms with Crippen LogP contribution in [0.3, 0.4) is 0 Å². The second-order valence-electron chi connectivity index (χ2n) is 12.7. The Bertz CT molecular complexity index is 1710. The van der Waals surface area contributed by atoms with Crippen molar-refractivity contribution in [2.24, 2.45) is 23.5 Å². The highest BCUT2D eigenvalue weighted by molar-refractivity contribution is 6.28. The fourth-order valence-corrected chi connectivity index (χ4v) is 6.74. The van der Waals surface area contributed by atoms with Crippen LogP contribution < -0.4 is 11.1 Å². The maximum atomic E-state index is 13.8. The number of morpholine rings is 1. The Balaban J connectivity index is 1.17. The summed E-state index contributed by atoms with van der Waals surface area (Å²) in [5.41, 5.74) is 10.8. The number of hydrogen-bond donors (Lipinski definition) is 3. The minimum atomic E-state index is -0.556. The molecular weight excluding hydrogens is 628 g/mol. The van der Waals surface area contributed by atoms with E-state index in [0.717, 1.165) is 47.9 Å². The third-order valence-corrected chi connectivity index (χ3v) is 9.66. The van der Waals surface area contributed by atoms with Crippen molar-refractivity contribution in [1.29, 1.82) is 0 Å². The zero-order chi connectivity index (χ0) is 33.5. The number of H-pyrrole nitrogens is 1. The third-order valence-electron chi connectivity index (χ3n) is 9.50. The lowest BCUT2D eigenvalue weighted by atomic mass is 9.77. The highest BCUT2D eigenvalue weighted by Crippen LogP contribution is 2.31. The molecule has 6 rings (SSSR count). The summed E-state index contributed by atoms with van der Waals surface area (Å²) >= 11 is 5.88. The Morgan fingerprint density at radius 2 is 1.65 bits per heavy atom. The maximum Gasteiger partial charge on any atom is 0.254 e. The number of Topliss-reactive ketones (excluding diaryl/α,β-unsaturated/α-hetero) is 1. The predicted octanol–water partition coefficient (Wildman–Crippen LogP) is 5.79. The molecule has 1 aliphatic heterocycles. The van der Waals surface area contributed by atoms with Gasteiger partial charge in [-0.25, -0.2) is 5.10 Å². The van der Waals surface area contributed by atoms with Gasteiger partial charge in [0.25, 0.3) is 5.91 Å². The molecule has 1 saturated carbocycles. The number of benzene rings is 3. The quantitative estimate of drug-likeness (QED) is 0.184. The molecule has 4 aromatic rings. The predicted molar refractivity (Wildman–Crippen MR) is 185 cm³/mol. The molecule has 10 nitrogen and oxygen atoms in total. The molecule has 2 aliphatic rings. The molecule has 4 N–H and O–H groups in total. The number of aromatic nitrogens is 3. The molecule has 11 heteroatoms. The first kappa shape index (κ1) is 33.5. The molecule has 1 aliphatic carbocycles. The van der Waals surface area contributed by atoms with Crippen LogP contribution in [0.15, 0.2) is 72.8 Å². The molecule has 2 fully saturated rings. The van der Waals surface area contributed by atoms with Crippen molar-refractivity contribution >= 4 is 34.9 Å². The number of halogens is 1. The van der Waals surface area contributed by atoms with Crippen molar-refractivity contribution in [2.75, 3.05) is 38.2 Å². The highest BCUT2D eigenvalue weighted by Gasteiger charge is 2.30. The molecule has 0 unspecified atom stereocenters. The summed E-state index contributed by atoms with van der Waals surface area (Å²) in [7, 11) is 0. The number of aromatic amines is 1. The average molecular weight is 669 g/mol. The lowest BCUT2D eigenvalue weighted by Crippen LogP contribution is -2.40. The highest BCUT2D eigenvalue weighted by atomic mass is 35.5. The fraction of sp³-hybridized carbons (Fsp3) is 0.378. The number of nitrogens with two attached hydrogens (primary N) is 1. The summed E-state index contributed by atoms with van der Waals surface area (Å²) in [5.74, 6) is 0.274. The first-order valence-electron chi connectivity index (χ1n) is 16.6.